The van der Waals surface area contributed by atoms with E-state index >= 15 is 0 Å². The summed E-state index contributed by atoms with van der Waals surface area (Å²) < 4.78 is 0. The smallest absolute Gasteiger partial charge is 0.352 e. The number of rotatable bonds is 3. The molecule has 1 fully saturated rings. The number of hydrogen-bond donors (Lipinski definition) is 2. The maximum Gasteiger partial charge on any atom is 0.352 e. The summed E-state index contributed by atoms with van der Waals surface area (Å²) in [6.07, 6.45) is 6.87. The van der Waals surface area contributed by atoms with Crippen LogP contribution in [0.5, 0.6) is 0 Å². The van der Waals surface area contributed by atoms with Gasteiger partial charge in [-0.05, 0) is 23.3 Å². The minimum atomic E-state index is -1.10. The molecule has 0 radical (unpaired) electrons. The van der Waals surface area contributed by atoms with Gasteiger partial charge in [-0.25, -0.2) is 4.79 Å². The molecule has 2 aliphatic heterocycles. The van der Waals surface area contributed by atoms with E-state index in [1.54, 1.807) is 18.5 Å². The molecule has 1 aromatic rings. The lowest BCUT2D eigenvalue weighted by Gasteiger charge is -2.47. The summed E-state index contributed by atoms with van der Waals surface area (Å²) in [5.41, 5.74) is 7.26. The average Bonchev–Trinajstić information content (AvgIpc) is 2.52. The molecule has 0 aromatic carbocycles. The summed E-state index contributed by atoms with van der Waals surface area (Å²) in [6.45, 7) is 0. The standard InChI is InChI=1S/C14H13N3O3S/c15-10-12(18)17-11(14(19)20)9(7-21-13(10)17)2-1-8-3-5-16-6-4-8/h1-6,10,13H,7,15H2,(H,19,20)/t10?,13-/m0/s1. The number of hydrogen-bond acceptors (Lipinski definition) is 5. The van der Waals surface area contributed by atoms with Crippen molar-refractivity contribution in [2.75, 3.05) is 5.75 Å². The van der Waals surface area contributed by atoms with Crippen LogP contribution in [0.2, 0.25) is 0 Å². The van der Waals surface area contributed by atoms with Crippen LogP contribution >= 0.6 is 11.8 Å². The maximum atomic E-state index is 11.8. The van der Waals surface area contributed by atoms with Gasteiger partial charge in [-0.1, -0.05) is 12.2 Å². The third-order valence-electron chi connectivity index (χ3n) is 3.42. The number of fused-ring (bicyclic) bond motifs is 1. The van der Waals surface area contributed by atoms with Gasteiger partial charge < -0.3 is 10.8 Å². The summed E-state index contributed by atoms with van der Waals surface area (Å²) in [4.78, 5) is 28.5. The highest BCUT2D eigenvalue weighted by atomic mass is 32.2. The monoisotopic (exact) mass is 303 g/mol. The zero-order valence-corrected chi connectivity index (χ0v) is 11.8. The number of carboxylic acids is 1. The topological polar surface area (TPSA) is 96.5 Å². The Labute approximate surface area is 125 Å². The summed E-state index contributed by atoms with van der Waals surface area (Å²) in [5, 5.41) is 9.12. The lowest BCUT2D eigenvalue weighted by molar-refractivity contribution is -0.147. The Kier molecular flexibility index (Phi) is 3.52. The van der Waals surface area contributed by atoms with Crippen molar-refractivity contribution in [3.8, 4) is 0 Å². The molecular weight excluding hydrogens is 290 g/mol. The molecule has 2 aliphatic rings. The number of β-lactam (4-membered cyclic amide) rings is 1. The fourth-order valence-corrected chi connectivity index (χ4v) is 3.60. The Morgan fingerprint density at radius 2 is 2.14 bits per heavy atom. The normalized spacial score (nSPS) is 25.0. The van der Waals surface area contributed by atoms with Crippen molar-refractivity contribution in [3.05, 3.63) is 47.4 Å². The van der Waals surface area contributed by atoms with Crippen LogP contribution in [0.15, 0.2) is 41.9 Å². The molecule has 3 N–H and O–H groups in total. The van der Waals surface area contributed by atoms with Crippen molar-refractivity contribution in [3.63, 3.8) is 0 Å². The second-order valence-electron chi connectivity index (χ2n) is 4.73. The van der Waals surface area contributed by atoms with E-state index in [0.29, 0.717) is 11.3 Å². The Bertz CT molecular complexity index is 657. The summed E-state index contributed by atoms with van der Waals surface area (Å²) in [7, 11) is 0. The first-order chi connectivity index (χ1) is 10.1. The number of carbonyl (C=O) groups is 2. The SMILES string of the molecule is NC1C(=O)N2C(C(=O)O)=C(C=Cc3ccncc3)CS[C@@H]12. The molecule has 1 aromatic heterocycles. The van der Waals surface area contributed by atoms with E-state index in [4.69, 9.17) is 5.73 Å². The molecule has 21 heavy (non-hydrogen) atoms. The molecule has 0 aliphatic carbocycles. The molecule has 3 heterocycles. The molecule has 1 unspecified atom stereocenters. The fraction of sp³-hybridized carbons (Fsp3) is 0.214. The predicted octanol–water partition coefficient (Wildman–Crippen LogP) is 0.676. The van der Waals surface area contributed by atoms with E-state index in [2.05, 4.69) is 4.98 Å². The van der Waals surface area contributed by atoms with E-state index in [9.17, 15) is 14.7 Å². The zero-order valence-electron chi connectivity index (χ0n) is 11.0. The molecule has 0 spiro atoms. The first-order valence-corrected chi connectivity index (χ1v) is 7.39. The van der Waals surface area contributed by atoms with Crippen molar-refractivity contribution in [1.82, 2.24) is 9.88 Å². The van der Waals surface area contributed by atoms with Crippen LogP contribution < -0.4 is 5.73 Å². The molecule has 7 heteroatoms. The van der Waals surface area contributed by atoms with E-state index in [0.717, 1.165) is 5.56 Å². The van der Waals surface area contributed by atoms with Gasteiger partial charge in [0.15, 0.2) is 0 Å². The Balaban J connectivity index is 1.93. The van der Waals surface area contributed by atoms with Gasteiger partial charge in [-0.15, -0.1) is 11.8 Å². The number of pyridine rings is 1. The van der Waals surface area contributed by atoms with Gasteiger partial charge in [0.1, 0.15) is 17.1 Å². The lowest BCUT2D eigenvalue weighted by Crippen LogP contribution is -2.68. The Hall–Kier alpha value is -2.12. The van der Waals surface area contributed by atoms with Crippen LogP contribution in [-0.2, 0) is 9.59 Å². The molecule has 3 rings (SSSR count). The number of thioether (sulfide) groups is 1. The Morgan fingerprint density at radius 1 is 1.43 bits per heavy atom. The van der Waals surface area contributed by atoms with Gasteiger partial charge in [0, 0.05) is 18.1 Å². The fourth-order valence-electron chi connectivity index (χ4n) is 2.34. The van der Waals surface area contributed by atoms with Gasteiger partial charge in [0.25, 0.3) is 0 Å². The largest absolute Gasteiger partial charge is 0.477 e. The van der Waals surface area contributed by atoms with Crippen LogP contribution in [0.4, 0.5) is 0 Å². The van der Waals surface area contributed by atoms with Crippen LogP contribution in [-0.4, -0.2) is 44.0 Å². The second-order valence-corrected chi connectivity index (χ2v) is 5.83. The summed E-state index contributed by atoms with van der Waals surface area (Å²) >= 11 is 1.48. The number of aromatic nitrogens is 1. The zero-order chi connectivity index (χ0) is 15.0. The van der Waals surface area contributed by atoms with E-state index in [-0.39, 0.29) is 17.0 Å². The molecule has 0 bridgehead atoms. The highest BCUT2D eigenvalue weighted by Gasteiger charge is 2.51. The van der Waals surface area contributed by atoms with Gasteiger partial charge in [-0.3, -0.25) is 14.7 Å². The van der Waals surface area contributed by atoms with Gasteiger partial charge >= 0.3 is 5.97 Å². The summed E-state index contributed by atoms with van der Waals surface area (Å²) in [6, 6.07) is 3.04. The third kappa shape index (κ3) is 2.34. The summed E-state index contributed by atoms with van der Waals surface area (Å²) in [5.74, 6) is -0.917. The highest BCUT2D eigenvalue weighted by Crippen LogP contribution is 2.39. The van der Waals surface area contributed by atoms with Crippen molar-refractivity contribution in [1.29, 1.82) is 0 Å². The quantitative estimate of drug-likeness (QED) is 0.797. The number of nitrogens with two attached hydrogens (primary N) is 1. The number of amides is 1. The molecule has 2 atom stereocenters. The van der Waals surface area contributed by atoms with Crippen LogP contribution in [0.25, 0.3) is 6.08 Å². The van der Waals surface area contributed by atoms with E-state index < -0.39 is 12.0 Å². The molecule has 0 saturated carbocycles. The minimum Gasteiger partial charge on any atom is -0.477 e. The van der Waals surface area contributed by atoms with Gasteiger partial charge in [0.2, 0.25) is 5.91 Å². The lowest BCUT2D eigenvalue weighted by atomic mass is 10.0. The van der Waals surface area contributed by atoms with Crippen molar-refractivity contribution in [2.24, 2.45) is 5.73 Å². The minimum absolute atomic E-state index is 0.0377. The Morgan fingerprint density at radius 3 is 2.81 bits per heavy atom. The number of nitrogens with zero attached hydrogens (tertiary/aromatic N) is 2. The molecule has 108 valence electrons. The first kappa shape index (κ1) is 13.8. The maximum absolute atomic E-state index is 11.8. The van der Waals surface area contributed by atoms with Crippen LogP contribution in [0.1, 0.15) is 5.56 Å². The third-order valence-corrected chi connectivity index (χ3v) is 4.75. The van der Waals surface area contributed by atoms with Crippen molar-refractivity contribution >= 4 is 29.7 Å². The van der Waals surface area contributed by atoms with Gasteiger partial charge in [-0.2, -0.15) is 0 Å². The van der Waals surface area contributed by atoms with E-state index in [1.165, 1.54) is 16.7 Å². The predicted molar refractivity (Wildman–Crippen MR) is 79.0 cm³/mol. The van der Waals surface area contributed by atoms with Crippen LogP contribution in [0.3, 0.4) is 0 Å². The number of carbonyl (C=O) groups excluding carboxylic acids is 1. The first-order valence-electron chi connectivity index (χ1n) is 6.34. The van der Waals surface area contributed by atoms with Gasteiger partial charge in [0.05, 0.1) is 0 Å². The number of allylic oxidation sites excluding steroid dienone is 1. The molecule has 6 nitrogen and oxygen atoms in total. The molecule has 1 saturated heterocycles. The van der Waals surface area contributed by atoms with Crippen LogP contribution in [0, 0.1) is 0 Å². The van der Waals surface area contributed by atoms with E-state index in [1.807, 2.05) is 18.2 Å². The average molecular weight is 303 g/mol. The molecular formula is C14H13N3O3S. The second kappa shape index (κ2) is 5.34. The highest BCUT2D eigenvalue weighted by molar-refractivity contribution is 8.00. The molecule has 1 amide bonds. The number of carboxylic acid groups (broad SMARTS) is 1. The number of aliphatic carboxylic acids is 1. The van der Waals surface area contributed by atoms with Crippen molar-refractivity contribution < 1.29 is 14.7 Å². The van der Waals surface area contributed by atoms with Crippen molar-refractivity contribution in [2.45, 2.75) is 11.4 Å².